The van der Waals surface area contributed by atoms with Crippen molar-refractivity contribution in [1.82, 2.24) is 14.7 Å². The summed E-state index contributed by atoms with van der Waals surface area (Å²) in [6.07, 6.45) is 6.75. The van der Waals surface area contributed by atoms with E-state index in [0.717, 1.165) is 50.0 Å². The minimum Gasteiger partial charge on any atom is -0.372 e. The van der Waals surface area contributed by atoms with E-state index in [0.29, 0.717) is 5.92 Å². The highest BCUT2D eigenvalue weighted by molar-refractivity contribution is 5.93. The van der Waals surface area contributed by atoms with Crippen molar-refractivity contribution in [2.24, 2.45) is 18.0 Å². The molecule has 0 saturated carbocycles. The van der Waals surface area contributed by atoms with Crippen molar-refractivity contribution in [3.05, 3.63) is 48.3 Å². The molecule has 1 aromatic carbocycles. The van der Waals surface area contributed by atoms with E-state index in [-0.39, 0.29) is 6.10 Å². The van der Waals surface area contributed by atoms with Crippen molar-refractivity contribution in [2.75, 3.05) is 31.6 Å². The van der Waals surface area contributed by atoms with Crippen molar-refractivity contribution < 1.29 is 4.74 Å². The fourth-order valence-corrected chi connectivity index (χ4v) is 3.99. The number of hydrogen-bond donors (Lipinski definition) is 1. The van der Waals surface area contributed by atoms with Crippen LogP contribution in [0.4, 0.5) is 5.69 Å². The molecule has 6 nitrogen and oxygen atoms in total. The number of nitrogens with zero attached hydrogens (tertiary/aromatic N) is 4. The summed E-state index contributed by atoms with van der Waals surface area (Å²) in [6.45, 7) is 3.71. The first kappa shape index (κ1) is 18.0. The molecule has 0 spiro atoms. The maximum atomic E-state index is 6.02. The zero-order valence-electron chi connectivity index (χ0n) is 16.1. The molecule has 2 aliphatic heterocycles. The lowest BCUT2D eigenvalue weighted by Gasteiger charge is -2.30. The number of aliphatic imine (C=N–C) groups is 1. The van der Waals surface area contributed by atoms with Gasteiger partial charge in [0.05, 0.1) is 5.69 Å². The van der Waals surface area contributed by atoms with E-state index >= 15 is 0 Å². The zero-order valence-corrected chi connectivity index (χ0v) is 16.1. The quantitative estimate of drug-likeness (QED) is 0.664. The van der Waals surface area contributed by atoms with E-state index in [4.69, 9.17) is 9.73 Å². The number of aromatic nitrogens is 2. The van der Waals surface area contributed by atoms with Crippen LogP contribution in [-0.2, 0) is 11.8 Å². The Labute approximate surface area is 161 Å². The minimum absolute atomic E-state index is 0.0839. The van der Waals surface area contributed by atoms with Gasteiger partial charge >= 0.3 is 0 Å². The van der Waals surface area contributed by atoms with E-state index in [1.807, 2.05) is 24.0 Å². The van der Waals surface area contributed by atoms with Gasteiger partial charge in [0.25, 0.3) is 0 Å². The minimum atomic E-state index is 0.0839. The number of anilines is 1. The standard InChI is InChI=1S/C21H29N5O/c1-25-19(10-12-23-25)20-17(11-15-27-20)16-22-21(26-13-6-3-7-14-26)24-18-8-4-2-5-9-18/h2,4-5,8-10,12,17,20H,3,6-7,11,13-16H2,1H3,(H,22,24)/t17-,20+/m0/s1. The van der Waals surface area contributed by atoms with Crippen LogP contribution in [-0.4, -0.2) is 46.9 Å². The van der Waals surface area contributed by atoms with Gasteiger partial charge in [-0.25, -0.2) is 0 Å². The molecular weight excluding hydrogens is 338 g/mol. The average molecular weight is 367 g/mol. The number of ether oxygens (including phenoxy) is 1. The van der Waals surface area contributed by atoms with Crippen molar-refractivity contribution in [2.45, 2.75) is 31.8 Å². The van der Waals surface area contributed by atoms with Crippen LogP contribution >= 0.6 is 0 Å². The van der Waals surface area contributed by atoms with Gasteiger partial charge in [0.2, 0.25) is 0 Å². The summed E-state index contributed by atoms with van der Waals surface area (Å²) in [6, 6.07) is 12.4. The SMILES string of the molecule is Cn1nccc1[C@@H]1OCC[C@H]1CN=C(Nc1ccccc1)N1CCCCC1. The summed E-state index contributed by atoms with van der Waals surface area (Å²) in [5.41, 5.74) is 2.23. The predicted molar refractivity (Wildman–Crippen MR) is 108 cm³/mol. The van der Waals surface area contributed by atoms with Crippen molar-refractivity contribution in [1.29, 1.82) is 0 Å². The second-order valence-corrected chi connectivity index (χ2v) is 7.42. The maximum absolute atomic E-state index is 6.02. The fraction of sp³-hybridized carbons (Fsp3) is 0.524. The first-order valence-electron chi connectivity index (χ1n) is 10.0. The van der Waals surface area contributed by atoms with E-state index in [9.17, 15) is 0 Å². The second-order valence-electron chi connectivity index (χ2n) is 7.42. The van der Waals surface area contributed by atoms with Gasteiger partial charge in [-0.3, -0.25) is 9.67 Å². The summed E-state index contributed by atoms with van der Waals surface area (Å²) in [4.78, 5) is 7.43. The van der Waals surface area contributed by atoms with Gasteiger partial charge in [0.1, 0.15) is 6.10 Å². The summed E-state index contributed by atoms with van der Waals surface area (Å²) >= 11 is 0. The first-order chi connectivity index (χ1) is 13.3. The van der Waals surface area contributed by atoms with Crippen LogP contribution in [0.2, 0.25) is 0 Å². The molecule has 4 rings (SSSR count). The lowest BCUT2D eigenvalue weighted by molar-refractivity contribution is 0.0858. The molecule has 2 aromatic rings. The molecular formula is C21H29N5O. The Hall–Kier alpha value is -2.34. The highest BCUT2D eigenvalue weighted by atomic mass is 16.5. The molecule has 1 aromatic heterocycles. The van der Waals surface area contributed by atoms with E-state index in [2.05, 4.69) is 45.6 Å². The van der Waals surface area contributed by atoms with Crippen LogP contribution in [0.3, 0.4) is 0 Å². The normalized spacial score (nSPS) is 23.6. The van der Waals surface area contributed by atoms with Gasteiger partial charge in [-0.1, -0.05) is 18.2 Å². The van der Waals surface area contributed by atoms with E-state index in [1.165, 1.54) is 19.3 Å². The second kappa shape index (κ2) is 8.57. The molecule has 2 atom stereocenters. The molecule has 2 aliphatic rings. The van der Waals surface area contributed by atoms with Crippen LogP contribution in [0, 0.1) is 5.92 Å². The number of para-hydroxylation sites is 1. The Morgan fingerprint density at radius 2 is 2.00 bits per heavy atom. The van der Waals surface area contributed by atoms with Crippen molar-refractivity contribution in [3.63, 3.8) is 0 Å². The Kier molecular flexibility index (Phi) is 5.72. The van der Waals surface area contributed by atoms with E-state index < -0.39 is 0 Å². The lowest BCUT2D eigenvalue weighted by atomic mass is 9.99. The van der Waals surface area contributed by atoms with Crippen molar-refractivity contribution >= 4 is 11.6 Å². The molecule has 0 bridgehead atoms. The number of benzene rings is 1. The summed E-state index contributed by atoms with van der Waals surface area (Å²) in [7, 11) is 1.98. The average Bonchev–Trinajstić information content (AvgIpc) is 3.35. The molecule has 2 fully saturated rings. The molecule has 0 radical (unpaired) electrons. The highest BCUT2D eigenvalue weighted by Crippen LogP contribution is 2.34. The molecule has 1 N–H and O–H groups in total. The van der Waals surface area contributed by atoms with Gasteiger partial charge in [0.15, 0.2) is 5.96 Å². The third-order valence-corrected chi connectivity index (χ3v) is 5.53. The van der Waals surface area contributed by atoms with E-state index in [1.54, 1.807) is 0 Å². The van der Waals surface area contributed by atoms with Gasteiger partial charge in [-0.15, -0.1) is 0 Å². The summed E-state index contributed by atoms with van der Waals surface area (Å²) < 4.78 is 7.94. The smallest absolute Gasteiger partial charge is 0.198 e. The Morgan fingerprint density at radius 1 is 1.19 bits per heavy atom. The molecule has 144 valence electrons. The molecule has 27 heavy (non-hydrogen) atoms. The topological polar surface area (TPSA) is 54.7 Å². The van der Waals surface area contributed by atoms with Crippen molar-refractivity contribution in [3.8, 4) is 0 Å². The lowest BCUT2D eigenvalue weighted by Crippen LogP contribution is -2.40. The maximum Gasteiger partial charge on any atom is 0.198 e. The summed E-state index contributed by atoms with van der Waals surface area (Å²) in [5.74, 6) is 1.38. The molecule has 6 heteroatoms. The number of aryl methyl sites for hydroxylation is 1. The largest absolute Gasteiger partial charge is 0.372 e. The molecule has 3 heterocycles. The monoisotopic (exact) mass is 367 g/mol. The Bertz CT molecular complexity index is 751. The highest BCUT2D eigenvalue weighted by Gasteiger charge is 2.31. The number of hydrogen-bond acceptors (Lipinski definition) is 3. The van der Waals surface area contributed by atoms with Crippen LogP contribution in [0.1, 0.15) is 37.5 Å². The van der Waals surface area contributed by atoms with Crippen LogP contribution in [0.25, 0.3) is 0 Å². The Morgan fingerprint density at radius 3 is 2.74 bits per heavy atom. The molecule has 0 unspecified atom stereocenters. The fourth-order valence-electron chi connectivity index (χ4n) is 3.99. The predicted octanol–water partition coefficient (Wildman–Crippen LogP) is 3.45. The van der Waals surface area contributed by atoms with Crippen LogP contribution in [0.15, 0.2) is 47.6 Å². The number of rotatable bonds is 4. The van der Waals surface area contributed by atoms with Gasteiger partial charge in [-0.2, -0.15) is 5.10 Å². The van der Waals surface area contributed by atoms with Crippen LogP contribution in [0.5, 0.6) is 0 Å². The Balaban J connectivity index is 1.50. The third-order valence-electron chi connectivity index (χ3n) is 5.53. The molecule has 0 amide bonds. The summed E-state index contributed by atoms with van der Waals surface area (Å²) in [5, 5.41) is 7.85. The third kappa shape index (κ3) is 4.33. The number of likely N-dealkylation sites (tertiary alicyclic amines) is 1. The van der Waals surface area contributed by atoms with Gasteiger partial charge in [-0.05, 0) is 43.9 Å². The first-order valence-corrected chi connectivity index (χ1v) is 10.0. The van der Waals surface area contributed by atoms with Crippen LogP contribution < -0.4 is 5.32 Å². The number of guanidine groups is 1. The van der Waals surface area contributed by atoms with Gasteiger partial charge in [0, 0.05) is 51.1 Å². The number of nitrogens with one attached hydrogen (secondary N) is 1. The zero-order chi connectivity index (χ0) is 18.5. The molecule has 2 saturated heterocycles. The van der Waals surface area contributed by atoms with Gasteiger partial charge < -0.3 is 15.0 Å². The number of piperidine rings is 1. The molecule has 0 aliphatic carbocycles.